The molecule has 0 radical (unpaired) electrons. The molecule has 4 heteroatoms. The summed E-state index contributed by atoms with van der Waals surface area (Å²) in [5.74, 6) is 1.75. The van der Waals surface area contributed by atoms with Crippen molar-refractivity contribution in [3.05, 3.63) is 59.2 Å². The van der Waals surface area contributed by atoms with E-state index in [0.29, 0.717) is 13.0 Å². The van der Waals surface area contributed by atoms with Crippen molar-refractivity contribution in [2.24, 2.45) is 0 Å². The fourth-order valence-corrected chi connectivity index (χ4v) is 2.45. The van der Waals surface area contributed by atoms with Crippen molar-refractivity contribution in [3.8, 4) is 11.5 Å². The molecule has 0 N–H and O–H groups in total. The highest BCUT2D eigenvalue weighted by Gasteiger charge is 2.11. The number of ether oxygens (including phenoxy) is 2. The van der Waals surface area contributed by atoms with E-state index in [1.54, 1.807) is 19.1 Å². The van der Waals surface area contributed by atoms with Gasteiger partial charge in [-0.05, 0) is 41.8 Å². The van der Waals surface area contributed by atoms with E-state index in [-0.39, 0.29) is 5.91 Å². The minimum Gasteiger partial charge on any atom is -0.497 e. The fraction of sp³-hybridized carbons (Fsp3) is 0.316. The van der Waals surface area contributed by atoms with Crippen molar-refractivity contribution in [2.45, 2.75) is 19.9 Å². The van der Waals surface area contributed by atoms with Crippen molar-refractivity contribution < 1.29 is 14.3 Å². The SMILES string of the molecule is COc1ccc(CN(C)C(=O)Cc2ccc(OC)c(C)c2)cc1. The summed E-state index contributed by atoms with van der Waals surface area (Å²) in [4.78, 5) is 14.1. The number of carbonyl (C=O) groups excluding carboxylic acids is 1. The molecule has 0 saturated carbocycles. The van der Waals surface area contributed by atoms with Crippen LogP contribution in [-0.4, -0.2) is 32.1 Å². The van der Waals surface area contributed by atoms with Crippen molar-refractivity contribution in [3.63, 3.8) is 0 Å². The molecule has 0 fully saturated rings. The van der Waals surface area contributed by atoms with Crippen molar-refractivity contribution in [1.29, 1.82) is 0 Å². The maximum absolute atomic E-state index is 12.4. The summed E-state index contributed by atoms with van der Waals surface area (Å²) < 4.78 is 10.4. The van der Waals surface area contributed by atoms with Gasteiger partial charge in [-0.25, -0.2) is 0 Å². The molecule has 0 atom stereocenters. The standard InChI is InChI=1S/C19H23NO3/c1-14-11-16(7-10-18(14)23-4)12-19(21)20(2)13-15-5-8-17(22-3)9-6-15/h5-11H,12-13H2,1-4H3. The lowest BCUT2D eigenvalue weighted by molar-refractivity contribution is -0.129. The zero-order valence-corrected chi connectivity index (χ0v) is 14.1. The van der Waals surface area contributed by atoms with Gasteiger partial charge in [0.05, 0.1) is 20.6 Å². The predicted octanol–water partition coefficient (Wildman–Crippen LogP) is 3.21. The molecule has 23 heavy (non-hydrogen) atoms. The minimum absolute atomic E-state index is 0.0883. The largest absolute Gasteiger partial charge is 0.497 e. The molecule has 0 aromatic heterocycles. The molecule has 0 aliphatic heterocycles. The number of methoxy groups -OCH3 is 2. The van der Waals surface area contributed by atoms with Crippen molar-refractivity contribution >= 4 is 5.91 Å². The first-order valence-electron chi connectivity index (χ1n) is 7.54. The van der Waals surface area contributed by atoms with E-state index in [0.717, 1.165) is 28.2 Å². The van der Waals surface area contributed by atoms with E-state index in [2.05, 4.69) is 0 Å². The average molecular weight is 313 g/mol. The molecule has 0 aliphatic rings. The maximum atomic E-state index is 12.4. The third-order valence-electron chi connectivity index (χ3n) is 3.82. The number of benzene rings is 2. The normalized spacial score (nSPS) is 10.3. The van der Waals surface area contributed by atoms with Gasteiger partial charge in [-0.1, -0.05) is 24.3 Å². The Morgan fingerprint density at radius 1 is 1.00 bits per heavy atom. The molecule has 0 aliphatic carbocycles. The number of nitrogens with zero attached hydrogens (tertiary/aromatic N) is 1. The lowest BCUT2D eigenvalue weighted by Gasteiger charge is -2.18. The van der Waals surface area contributed by atoms with Crippen molar-refractivity contribution in [1.82, 2.24) is 4.90 Å². The smallest absolute Gasteiger partial charge is 0.227 e. The average Bonchev–Trinajstić information content (AvgIpc) is 2.55. The highest BCUT2D eigenvalue weighted by Crippen LogP contribution is 2.19. The molecule has 0 saturated heterocycles. The van der Waals surface area contributed by atoms with Gasteiger partial charge in [-0.15, -0.1) is 0 Å². The first-order chi connectivity index (χ1) is 11.0. The Hall–Kier alpha value is -2.49. The van der Waals surface area contributed by atoms with Crippen LogP contribution in [0.1, 0.15) is 16.7 Å². The van der Waals surface area contributed by atoms with Crippen LogP contribution in [0.2, 0.25) is 0 Å². The van der Waals surface area contributed by atoms with E-state index < -0.39 is 0 Å². The zero-order valence-electron chi connectivity index (χ0n) is 14.1. The first kappa shape index (κ1) is 16.9. The Balaban J connectivity index is 1.97. The quantitative estimate of drug-likeness (QED) is 0.822. The van der Waals surface area contributed by atoms with E-state index in [4.69, 9.17) is 9.47 Å². The Labute approximate surface area is 137 Å². The fourth-order valence-electron chi connectivity index (χ4n) is 2.45. The molecule has 2 rings (SSSR count). The lowest BCUT2D eigenvalue weighted by Crippen LogP contribution is -2.27. The molecule has 0 spiro atoms. The highest BCUT2D eigenvalue weighted by molar-refractivity contribution is 5.78. The van der Waals surface area contributed by atoms with Crippen LogP contribution in [0.25, 0.3) is 0 Å². The topological polar surface area (TPSA) is 38.8 Å². The maximum Gasteiger partial charge on any atom is 0.227 e. The second kappa shape index (κ2) is 7.68. The van der Waals surface area contributed by atoms with Crippen molar-refractivity contribution in [2.75, 3.05) is 21.3 Å². The van der Waals surface area contributed by atoms with Crippen LogP contribution < -0.4 is 9.47 Å². The second-order valence-corrected chi connectivity index (χ2v) is 5.58. The van der Waals surface area contributed by atoms with E-state index >= 15 is 0 Å². The van der Waals surface area contributed by atoms with Gasteiger partial charge in [0.1, 0.15) is 11.5 Å². The number of rotatable bonds is 6. The molecule has 122 valence electrons. The van der Waals surface area contributed by atoms with Gasteiger partial charge < -0.3 is 14.4 Å². The number of likely N-dealkylation sites (N-methyl/N-ethyl adjacent to an activating group) is 1. The zero-order chi connectivity index (χ0) is 16.8. The summed E-state index contributed by atoms with van der Waals surface area (Å²) in [5, 5.41) is 0. The molecule has 0 unspecified atom stereocenters. The summed E-state index contributed by atoms with van der Waals surface area (Å²) in [6.45, 7) is 2.56. The lowest BCUT2D eigenvalue weighted by atomic mass is 10.1. The molecule has 0 heterocycles. The number of aryl methyl sites for hydroxylation is 1. The molecular formula is C19H23NO3. The van der Waals surface area contributed by atoms with Crippen LogP contribution in [0.3, 0.4) is 0 Å². The third kappa shape index (κ3) is 4.49. The van der Waals surface area contributed by atoms with E-state index in [1.807, 2.05) is 56.4 Å². The summed E-state index contributed by atoms with van der Waals surface area (Å²) in [5.41, 5.74) is 3.11. The Bertz CT molecular complexity index is 665. The molecule has 2 aromatic carbocycles. The summed E-state index contributed by atoms with van der Waals surface area (Å²) in [6.07, 6.45) is 0.386. The third-order valence-corrected chi connectivity index (χ3v) is 3.82. The first-order valence-corrected chi connectivity index (χ1v) is 7.54. The van der Waals surface area contributed by atoms with Gasteiger partial charge in [0.15, 0.2) is 0 Å². The predicted molar refractivity (Wildman–Crippen MR) is 90.9 cm³/mol. The Morgan fingerprint density at radius 3 is 2.22 bits per heavy atom. The van der Waals surface area contributed by atoms with Crippen LogP contribution in [0.15, 0.2) is 42.5 Å². The summed E-state index contributed by atoms with van der Waals surface area (Å²) in [6, 6.07) is 13.6. The molecule has 1 amide bonds. The molecule has 4 nitrogen and oxygen atoms in total. The molecular weight excluding hydrogens is 290 g/mol. The summed E-state index contributed by atoms with van der Waals surface area (Å²) in [7, 11) is 5.11. The van der Waals surface area contributed by atoms with Gasteiger partial charge in [0.25, 0.3) is 0 Å². The monoisotopic (exact) mass is 313 g/mol. The molecule has 2 aromatic rings. The summed E-state index contributed by atoms with van der Waals surface area (Å²) >= 11 is 0. The van der Waals surface area contributed by atoms with Crippen LogP contribution in [-0.2, 0) is 17.8 Å². The van der Waals surface area contributed by atoms with Crippen LogP contribution in [0, 0.1) is 6.92 Å². The van der Waals surface area contributed by atoms with Crippen LogP contribution in [0.4, 0.5) is 0 Å². The number of amides is 1. The van der Waals surface area contributed by atoms with Gasteiger partial charge in [0, 0.05) is 13.6 Å². The number of carbonyl (C=O) groups is 1. The van der Waals surface area contributed by atoms with Crippen LogP contribution in [0.5, 0.6) is 11.5 Å². The Morgan fingerprint density at radius 2 is 1.65 bits per heavy atom. The van der Waals surface area contributed by atoms with Gasteiger partial charge in [0.2, 0.25) is 5.91 Å². The number of hydrogen-bond donors (Lipinski definition) is 0. The van der Waals surface area contributed by atoms with E-state index in [9.17, 15) is 4.79 Å². The minimum atomic E-state index is 0.0883. The van der Waals surface area contributed by atoms with E-state index in [1.165, 1.54) is 0 Å². The van der Waals surface area contributed by atoms with Gasteiger partial charge >= 0.3 is 0 Å². The molecule has 0 bridgehead atoms. The Kier molecular flexibility index (Phi) is 5.63. The van der Waals surface area contributed by atoms with Crippen LogP contribution >= 0.6 is 0 Å². The second-order valence-electron chi connectivity index (χ2n) is 5.58. The van der Waals surface area contributed by atoms with Gasteiger partial charge in [-0.3, -0.25) is 4.79 Å². The number of hydrogen-bond acceptors (Lipinski definition) is 3. The van der Waals surface area contributed by atoms with Gasteiger partial charge in [-0.2, -0.15) is 0 Å². The highest BCUT2D eigenvalue weighted by atomic mass is 16.5.